The summed E-state index contributed by atoms with van der Waals surface area (Å²) in [7, 11) is 1.67. The van der Waals surface area contributed by atoms with Crippen molar-refractivity contribution in [2.75, 3.05) is 26.8 Å². The Morgan fingerprint density at radius 1 is 1.34 bits per heavy atom. The third-order valence-electron chi connectivity index (χ3n) is 6.13. The van der Waals surface area contributed by atoms with Crippen LogP contribution in [-0.2, 0) is 12.8 Å². The molecule has 2 heterocycles. The molecule has 0 spiro atoms. The highest BCUT2D eigenvalue weighted by Crippen LogP contribution is 2.32. The first kappa shape index (κ1) is 23.9. The summed E-state index contributed by atoms with van der Waals surface area (Å²) in [6.45, 7) is 4.21. The Morgan fingerprint density at radius 3 is 2.88 bits per heavy atom. The molecule has 1 aliphatic heterocycles. The smallest absolute Gasteiger partial charge is 0.249 e. The largest absolute Gasteiger partial charge is 0.497 e. The zero-order chi connectivity index (χ0) is 22.0. The number of aromatic nitrogens is 1. The summed E-state index contributed by atoms with van der Waals surface area (Å²) < 4.78 is 25.3. The maximum absolute atomic E-state index is 14.2. The number of nitrogens with one attached hydrogen (secondary N) is 1. The van der Waals surface area contributed by atoms with Gasteiger partial charge >= 0.3 is 0 Å². The van der Waals surface area contributed by atoms with E-state index < -0.39 is 11.7 Å². The fourth-order valence-electron chi connectivity index (χ4n) is 4.46. The third kappa shape index (κ3) is 4.69. The van der Waals surface area contributed by atoms with Crippen molar-refractivity contribution in [3.05, 3.63) is 59.0 Å². The van der Waals surface area contributed by atoms with Crippen LogP contribution < -0.4 is 15.2 Å². The molecule has 172 valence electrons. The summed E-state index contributed by atoms with van der Waals surface area (Å²) in [4.78, 5) is 17.5. The highest BCUT2D eigenvalue weighted by molar-refractivity contribution is 5.95. The molecule has 4 rings (SSSR count). The molecule has 1 aliphatic rings. The first-order chi connectivity index (χ1) is 15.0. The van der Waals surface area contributed by atoms with E-state index in [1.54, 1.807) is 7.11 Å². The summed E-state index contributed by atoms with van der Waals surface area (Å²) in [6.07, 6.45) is 4.49. The molecule has 0 bridgehead atoms. The first-order valence-corrected chi connectivity index (χ1v) is 10.6. The molecule has 0 aliphatic carbocycles. The van der Waals surface area contributed by atoms with Crippen molar-refractivity contribution >= 4 is 29.2 Å². The number of fused-ring (bicyclic) bond motifs is 2. The Hall–Kier alpha value is -2.77. The average Bonchev–Trinajstić information content (AvgIpc) is 3.18. The minimum Gasteiger partial charge on any atom is -0.497 e. The number of carbonyl (C=O) groups excluding carboxylic acids is 1. The molecule has 32 heavy (non-hydrogen) atoms. The number of aromatic amines is 1. The minimum atomic E-state index is -0.557. The van der Waals surface area contributed by atoms with E-state index in [9.17, 15) is 9.18 Å². The normalized spacial score (nSPS) is 15.2. The zero-order valence-corrected chi connectivity index (χ0v) is 19.1. The van der Waals surface area contributed by atoms with Crippen LogP contribution in [0.1, 0.15) is 34.8 Å². The van der Waals surface area contributed by atoms with Crippen LogP contribution in [0.15, 0.2) is 36.5 Å². The number of hydrogen-bond donors (Lipinski definition) is 2. The quantitative estimate of drug-likeness (QED) is 0.529. The number of amides is 1. The molecule has 6 nitrogen and oxygen atoms in total. The van der Waals surface area contributed by atoms with Crippen LogP contribution in [0.25, 0.3) is 10.9 Å². The number of methoxy groups -OCH3 is 1. The van der Waals surface area contributed by atoms with E-state index in [-0.39, 0.29) is 24.2 Å². The van der Waals surface area contributed by atoms with E-state index >= 15 is 0 Å². The van der Waals surface area contributed by atoms with E-state index in [4.69, 9.17) is 15.2 Å². The Morgan fingerprint density at radius 2 is 2.16 bits per heavy atom. The number of H-pyrrole nitrogens is 1. The number of primary amides is 1. The molecule has 3 aromatic rings. The predicted octanol–water partition coefficient (Wildman–Crippen LogP) is 4.09. The molecule has 8 heteroatoms. The summed E-state index contributed by atoms with van der Waals surface area (Å²) in [6, 6.07) is 8.80. The van der Waals surface area contributed by atoms with Crippen molar-refractivity contribution in [3.8, 4) is 11.5 Å². The number of ether oxygens (including phenoxy) is 2. The number of nitrogens with two attached hydrogens (primary N) is 1. The second kappa shape index (κ2) is 10.2. The number of halogens is 2. The molecule has 0 fully saturated rings. The number of carbonyl (C=O) groups is 1. The predicted molar refractivity (Wildman–Crippen MR) is 126 cm³/mol. The van der Waals surface area contributed by atoms with Gasteiger partial charge in [0, 0.05) is 34.3 Å². The van der Waals surface area contributed by atoms with Crippen molar-refractivity contribution in [1.82, 2.24) is 9.88 Å². The van der Waals surface area contributed by atoms with Crippen LogP contribution in [0.4, 0.5) is 4.39 Å². The Labute approximate surface area is 193 Å². The van der Waals surface area contributed by atoms with Crippen LogP contribution in [-0.4, -0.2) is 48.6 Å². The van der Waals surface area contributed by atoms with Gasteiger partial charge in [0.25, 0.3) is 0 Å². The van der Waals surface area contributed by atoms with Gasteiger partial charge in [0.1, 0.15) is 12.4 Å². The molecule has 1 unspecified atom stereocenters. The van der Waals surface area contributed by atoms with Crippen molar-refractivity contribution in [3.63, 3.8) is 0 Å². The highest BCUT2D eigenvalue weighted by Gasteiger charge is 2.29. The molecule has 0 saturated carbocycles. The lowest BCUT2D eigenvalue weighted by Gasteiger charge is -2.35. The second-order valence-corrected chi connectivity index (χ2v) is 7.89. The van der Waals surface area contributed by atoms with Crippen molar-refractivity contribution in [2.45, 2.75) is 32.2 Å². The van der Waals surface area contributed by atoms with Gasteiger partial charge in [0.2, 0.25) is 5.91 Å². The molecule has 2 aromatic carbocycles. The maximum atomic E-state index is 14.2. The van der Waals surface area contributed by atoms with Crippen LogP contribution in [0.3, 0.4) is 0 Å². The molecule has 1 aromatic heterocycles. The number of hydrogen-bond acceptors (Lipinski definition) is 4. The van der Waals surface area contributed by atoms with Crippen LogP contribution in [0.2, 0.25) is 0 Å². The first-order valence-electron chi connectivity index (χ1n) is 10.6. The Kier molecular flexibility index (Phi) is 7.64. The molecular weight excluding hydrogens is 433 g/mol. The SMILES string of the molecule is CCN(CCCc1c[nH]c2ccc(OC)cc12)C1COc2c(F)ccc(C(N)=O)c2C1.Cl. The van der Waals surface area contributed by atoms with Gasteiger partial charge in [-0.1, -0.05) is 6.92 Å². The van der Waals surface area contributed by atoms with E-state index in [1.807, 2.05) is 12.1 Å². The van der Waals surface area contributed by atoms with Crippen LogP contribution >= 0.6 is 12.4 Å². The minimum absolute atomic E-state index is 0. The Balaban J connectivity index is 0.00000289. The van der Waals surface area contributed by atoms with Gasteiger partial charge in [-0.05, 0) is 68.2 Å². The number of aryl methyl sites for hydroxylation is 1. The lowest BCUT2D eigenvalue weighted by Crippen LogP contribution is -2.44. The summed E-state index contributed by atoms with van der Waals surface area (Å²) in [5.74, 6) is 0.00459. The molecule has 1 amide bonds. The topological polar surface area (TPSA) is 80.6 Å². The fraction of sp³-hybridized carbons (Fsp3) is 0.375. The highest BCUT2D eigenvalue weighted by atomic mass is 35.5. The second-order valence-electron chi connectivity index (χ2n) is 7.89. The molecule has 0 radical (unpaired) electrons. The molecule has 1 atom stereocenters. The number of likely N-dealkylation sites (N-methyl/N-ethyl adjacent to an activating group) is 1. The van der Waals surface area contributed by atoms with Crippen molar-refractivity contribution < 1.29 is 18.7 Å². The number of nitrogens with zero attached hydrogens (tertiary/aromatic N) is 1. The van der Waals surface area contributed by atoms with E-state index in [1.165, 1.54) is 23.1 Å². The zero-order valence-electron chi connectivity index (χ0n) is 18.3. The van der Waals surface area contributed by atoms with Crippen LogP contribution in [0, 0.1) is 5.82 Å². The monoisotopic (exact) mass is 461 g/mol. The number of rotatable bonds is 8. The number of benzene rings is 2. The average molecular weight is 462 g/mol. The van der Waals surface area contributed by atoms with Gasteiger partial charge in [-0.3, -0.25) is 9.69 Å². The van der Waals surface area contributed by atoms with E-state index in [0.29, 0.717) is 24.2 Å². The van der Waals surface area contributed by atoms with Gasteiger partial charge in [-0.2, -0.15) is 0 Å². The summed E-state index contributed by atoms with van der Waals surface area (Å²) >= 11 is 0. The molecule has 3 N–H and O–H groups in total. The van der Waals surface area contributed by atoms with Gasteiger partial charge in [0.05, 0.1) is 7.11 Å². The third-order valence-corrected chi connectivity index (χ3v) is 6.13. The molecular formula is C24H29ClFN3O3. The van der Waals surface area contributed by atoms with E-state index in [0.717, 1.165) is 37.2 Å². The van der Waals surface area contributed by atoms with Crippen molar-refractivity contribution in [1.29, 1.82) is 0 Å². The summed E-state index contributed by atoms with van der Waals surface area (Å²) in [5, 5.41) is 1.18. The maximum Gasteiger partial charge on any atom is 0.249 e. The summed E-state index contributed by atoms with van der Waals surface area (Å²) in [5.41, 5.74) is 8.77. The standard InChI is InChI=1S/C24H28FN3O3.ClH/c1-3-28(10-4-5-15-13-27-22-9-6-17(30-2)12-19(15)22)16-11-20-18(24(26)29)7-8-21(25)23(20)31-14-16;/h6-9,12-13,16,27H,3-5,10-11,14H2,1-2H3,(H2,26,29);1H. The van der Waals surface area contributed by atoms with Gasteiger partial charge in [-0.25, -0.2) is 4.39 Å². The van der Waals surface area contributed by atoms with Crippen LogP contribution in [0.5, 0.6) is 11.5 Å². The van der Waals surface area contributed by atoms with E-state index in [2.05, 4.69) is 29.1 Å². The van der Waals surface area contributed by atoms with Gasteiger partial charge in [-0.15, -0.1) is 12.4 Å². The van der Waals surface area contributed by atoms with Gasteiger partial charge in [0.15, 0.2) is 11.6 Å². The lowest BCUT2D eigenvalue weighted by molar-refractivity contribution is 0.0987. The van der Waals surface area contributed by atoms with Crippen molar-refractivity contribution in [2.24, 2.45) is 5.73 Å². The lowest BCUT2D eigenvalue weighted by atomic mass is 9.95. The Bertz CT molecular complexity index is 1100. The van der Waals surface area contributed by atoms with Gasteiger partial charge < -0.3 is 20.2 Å². The fourth-order valence-corrected chi connectivity index (χ4v) is 4.46. The molecule has 0 saturated heterocycles.